The summed E-state index contributed by atoms with van der Waals surface area (Å²) in [5, 5.41) is 6.12. The zero-order valence-corrected chi connectivity index (χ0v) is 12.5. The molecule has 1 amide bonds. The largest absolute Gasteiger partial charge is 0.496 e. The first-order chi connectivity index (χ1) is 10.8. The van der Waals surface area contributed by atoms with Crippen molar-refractivity contribution in [2.75, 3.05) is 17.7 Å². The van der Waals surface area contributed by atoms with E-state index in [0.717, 1.165) is 35.7 Å². The molecule has 0 unspecified atom stereocenters. The number of anilines is 2. The first-order valence-electron chi connectivity index (χ1n) is 7.39. The van der Waals surface area contributed by atoms with Crippen molar-refractivity contribution in [1.29, 1.82) is 0 Å². The highest BCUT2D eigenvalue weighted by molar-refractivity contribution is 5.93. The molecule has 5 heteroatoms. The second-order valence-electron chi connectivity index (χ2n) is 5.36. The van der Waals surface area contributed by atoms with Crippen LogP contribution < -0.4 is 15.4 Å². The van der Waals surface area contributed by atoms with Crippen LogP contribution in [0.3, 0.4) is 0 Å². The summed E-state index contributed by atoms with van der Waals surface area (Å²) in [6, 6.07) is 11.6. The molecular formula is C17H19N3O2. The van der Waals surface area contributed by atoms with Gasteiger partial charge in [0.15, 0.2) is 0 Å². The number of rotatable bonds is 6. The van der Waals surface area contributed by atoms with Crippen molar-refractivity contribution in [3.05, 3.63) is 48.2 Å². The van der Waals surface area contributed by atoms with Crippen LogP contribution >= 0.6 is 0 Å². The van der Waals surface area contributed by atoms with Gasteiger partial charge in [0, 0.05) is 18.0 Å². The van der Waals surface area contributed by atoms with Crippen LogP contribution in [0.15, 0.2) is 42.6 Å². The van der Waals surface area contributed by atoms with Crippen LogP contribution in [0.5, 0.6) is 5.75 Å². The number of aromatic nitrogens is 1. The Balaban J connectivity index is 1.57. The van der Waals surface area contributed by atoms with Crippen molar-refractivity contribution in [1.82, 2.24) is 4.98 Å². The van der Waals surface area contributed by atoms with E-state index < -0.39 is 0 Å². The van der Waals surface area contributed by atoms with Crippen LogP contribution in [0.1, 0.15) is 18.4 Å². The molecule has 1 aromatic heterocycles. The number of carbonyl (C=O) groups is 1. The van der Waals surface area contributed by atoms with Gasteiger partial charge in [-0.3, -0.25) is 4.79 Å². The number of para-hydroxylation sites is 1. The van der Waals surface area contributed by atoms with Crippen LogP contribution in [-0.2, 0) is 11.3 Å². The zero-order valence-electron chi connectivity index (χ0n) is 12.5. The lowest BCUT2D eigenvalue weighted by Crippen LogP contribution is -2.13. The monoisotopic (exact) mass is 297 g/mol. The fraction of sp³-hybridized carbons (Fsp3) is 0.294. The Hall–Kier alpha value is -2.56. The van der Waals surface area contributed by atoms with Crippen molar-refractivity contribution >= 4 is 17.4 Å². The van der Waals surface area contributed by atoms with Crippen LogP contribution in [0, 0.1) is 5.92 Å². The second kappa shape index (κ2) is 6.47. The molecule has 114 valence electrons. The fourth-order valence-corrected chi connectivity index (χ4v) is 2.20. The predicted octanol–water partition coefficient (Wildman–Crippen LogP) is 3.05. The summed E-state index contributed by atoms with van der Waals surface area (Å²) >= 11 is 0. The van der Waals surface area contributed by atoms with E-state index in [4.69, 9.17) is 4.74 Å². The molecule has 2 N–H and O–H groups in total. The predicted molar refractivity (Wildman–Crippen MR) is 85.9 cm³/mol. The van der Waals surface area contributed by atoms with E-state index >= 15 is 0 Å². The summed E-state index contributed by atoms with van der Waals surface area (Å²) in [5.74, 6) is 1.90. The Labute approximate surface area is 129 Å². The van der Waals surface area contributed by atoms with E-state index in [1.54, 1.807) is 13.3 Å². The number of nitrogens with one attached hydrogen (secondary N) is 2. The van der Waals surface area contributed by atoms with Crippen LogP contribution in [0.2, 0.25) is 0 Å². The first-order valence-corrected chi connectivity index (χ1v) is 7.39. The zero-order chi connectivity index (χ0) is 15.4. The molecule has 1 aromatic carbocycles. The molecule has 3 rings (SSSR count). The number of hydrogen-bond donors (Lipinski definition) is 2. The lowest BCUT2D eigenvalue weighted by Gasteiger charge is -2.10. The van der Waals surface area contributed by atoms with Gasteiger partial charge in [0.05, 0.1) is 19.0 Å². The van der Waals surface area contributed by atoms with E-state index in [9.17, 15) is 4.79 Å². The normalized spacial score (nSPS) is 13.5. The second-order valence-corrected chi connectivity index (χ2v) is 5.36. The summed E-state index contributed by atoms with van der Waals surface area (Å²) < 4.78 is 5.32. The van der Waals surface area contributed by atoms with Gasteiger partial charge in [-0.05, 0) is 31.0 Å². The molecular weight excluding hydrogens is 278 g/mol. The summed E-state index contributed by atoms with van der Waals surface area (Å²) in [4.78, 5) is 16.0. The van der Waals surface area contributed by atoms with Gasteiger partial charge in [0.1, 0.15) is 11.6 Å². The van der Waals surface area contributed by atoms with Gasteiger partial charge in [-0.25, -0.2) is 4.98 Å². The van der Waals surface area contributed by atoms with Gasteiger partial charge in [-0.1, -0.05) is 18.2 Å². The van der Waals surface area contributed by atoms with E-state index in [1.165, 1.54) is 0 Å². The summed E-state index contributed by atoms with van der Waals surface area (Å²) in [6.07, 6.45) is 3.67. The smallest absolute Gasteiger partial charge is 0.227 e. The Bertz CT molecular complexity index is 651. The van der Waals surface area contributed by atoms with Gasteiger partial charge in [0.2, 0.25) is 5.91 Å². The number of benzene rings is 1. The first kappa shape index (κ1) is 14.4. The van der Waals surface area contributed by atoms with E-state index in [-0.39, 0.29) is 11.8 Å². The lowest BCUT2D eigenvalue weighted by atomic mass is 10.2. The Morgan fingerprint density at radius 2 is 2.09 bits per heavy atom. The minimum Gasteiger partial charge on any atom is -0.496 e. The molecule has 0 atom stereocenters. The highest BCUT2D eigenvalue weighted by atomic mass is 16.5. The van der Waals surface area contributed by atoms with Gasteiger partial charge < -0.3 is 15.4 Å². The topological polar surface area (TPSA) is 63.2 Å². The lowest BCUT2D eigenvalue weighted by molar-refractivity contribution is -0.117. The van der Waals surface area contributed by atoms with Gasteiger partial charge in [-0.2, -0.15) is 0 Å². The molecule has 0 saturated heterocycles. The molecule has 0 radical (unpaired) electrons. The summed E-state index contributed by atoms with van der Waals surface area (Å²) in [6.45, 7) is 0.630. The van der Waals surface area contributed by atoms with Crippen molar-refractivity contribution in [3.8, 4) is 5.75 Å². The molecule has 1 fully saturated rings. The molecule has 1 saturated carbocycles. The molecule has 2 aromatic rings. The highest BCUT2D eigenvalue weighted by Gasteiger charge is 2.29. The van der Waals surface area contributed by atoms with Crippen LogP contribution in [-0.4, -0.2) is 18.0 Å². The third-order valence-corrected chi connectivity index (χ3v) is 3.63. The van der Waals surface area contributed by atoms with Crippen LogP contribution in [0.4, 0.5) is 11.5 Å². The maximum absolute atomic E-state index is 11.7. The Morgan fingerprint density at radius 3 is 2.77 bits per heavy atom. The quantitative estimate of drug-likeness (QED) is 0.860. The molecule has 1 heterocycles. The number of amides is 1. The third-order valence-electron chi connectivity index (χ3n) is 3.63. The van der Waals surface area contributed by atoms with E-state index in [1.807, 2.05) is 36.4 Å². The minimum atomic E-state index is 0.0940. The van der Waals surface area contributed by atoms with Crippen molar-refractivity contribution < 1.29 is 9.53 Å². The Kier molecular flexibility index (Phi) is 4.23. The molecule has 5 nitrogen and oxygen atoms in total. The van der Waals surface area contributed by atoms with Crippen molar-refractivity contribution in [2.24, 2.45) is 5.92 Å². The third kappa shape index (κ3) is 3.55. The number of ether oxygens (including phenoxy) is 1. The molecule has 22 heavy (non-hydrogen) atoms. The fourth-order valence-electron chi connectivity index (χ4n) is 2.20. The van der Waals surface area contributed by atoms with Gasteiger partial charge >= 0.3 is 0 Å². The highest BCUT2D eigenvalue weighted by Crippen LogP contribution is 2.30. The Morgan fingerprint density at radius 1 is 1.27 bits per heavy atom. The average molecular weight is 297 g/mol. The molecule has 0 spiro atoms. The number of pyridine rings is 1. The summed E-state index contributed by atoms with van der Waals surface area (Å²) in [5.41, 5.74) is 1.80. The van der Waals surface area contributed by atoms with Crippen LogP contribution in [0.25, 0.3) is 0 Å². The number of nitrogens with zero attached hydrogens (tertiary/aromatic N) is 1. The maximum atomic E-state index is 11.7. The average Bonchev–Trinajstić information content (AvgIpc) is 3.39. The number of carbonyl (C=O) groups excluding carboxylic acids is 1. The molecule has 0 bridgehead atoms. The maximum Gasteiger partial charge on any atom is 0.227 e. The number of hydrogen-bond acceptors (Lipinski definition) is 4. The summed E-state index contributed by atoms with van der Waals surface area (Å²) in [7, 11) is 1.66. The SMILES string of the molecule is COc1ccccc1CNc1ccc(NC(=O)C2CC2)cn1. The van der Waals surface area contributed by atoms with Crippen molar-refractivity contribution in [2.45, 2.75) is 19.4 Å². The molecule has 0 aliphatic heterocycles. The molecule has 1 aliphatic rings. The van der Waals surface area contributed by atoms with Gasteiger partial charge in [-0.15, -0.1) is 0 Å². The van der Waals surface area contributed by atoms with Gasteiger partial charge in [0.25, 0.3) is 0 Å². The molecule has 1 aliphatic carbocycles. The van der Waals surface area contributed by atoms with E-state index in [0.29, 0.717) is 6.54 Å². The van der Waals surface area contributed by atoms with Crippen molar-refractivity contribution in [3.63, 3.8) is 0 Å². The minimum absolute atomic E-state index is 0.0940. The standard InChI is InChI=1S/C17H19N3O2/c1-22-15-5-3-2-4-13(15)10-18-16-9-8-14(11-19-16)20-17(21)12-6-7-12/h2-5,8-9,11-12H,6-7,10H2,1H3,(H,18,19)(H,20,21). The van der Waals surface area contributed by atoms with E-state index in [2.05, 4.69) is 15.6 Å². The number of methoxy groups -OCH3 is 1.